The minimum absolute atomic E-state index is 0.303. The maximum Gasteiger partial charge on any atom is 0.267 e. The number of amides is 1. The number of benzene rings is 1. The van der Waals surface area contributed by atoms with Gasteiger partial charge in [-0.05, 0) is 12.1 Å². The van der Waals surface area contributed by atoms with Gasteiger partial charge in [0.25, 0.3) is 5.91 Å². The molecule has 3 heteroatoms. The fourth-order valence-corrected chi connectivity index (χ4v) is 0.893. The zero-order chi connectivity index (χ0) is 10.9. The first-order valence-electron chi connectivity index (χ1n) is 4.51. The molecule has 0 saturated carbocycles. The average molecular weight is 200 g/mol. The van der Waals surface area contributed by atoms with Crippen molar-refractivity contribution in [1.82, 2.24) is 4.98 Å². The molecule has 0 fully saturated rings. The van der Waals surface area contributed by atoms with Crippen LogP contribution in [0.25, 0.3) is 0 Å². The molecule has 2 aromatic rings. The highest BCUT2D eigenvalue weighted by molar-refractivity contribution is 5.90. The molecular formula is C12H12N2O. The fourth-order valence-electron chi connectivity index (χ4n) is 0.893. The Kier molecular flexibility index (Phi) is 4.60. The molecule has 1 aromatic carbocycles. The van der Waals surface area contributed by atoms with Crippen LogP contribution in [0.5, 0.6) is 0 Å². The molecule has 3 nitrogen and oxygen atoms in total. The van der Waals surface area contributed by atoms with Gasteiger partial charge in [-0.15, -0.1) is 0 Å². The van der Waals surface area contributed by atoms with Gasteiger partial charge in [-0.25, -0.2) is 0 Å². The molecule has 2 N–H and O–H groups in total. The molecule has 15 heavy (non-hydrogen) atoms. The van der Waals surface area contributed by atoms with Gasteiger partial charge in [0.1, 0.15) is 5.69 Å². The van der Waals surface area contributed by atoms with Crippen LogP contribution in [0.4, 0.5) is 0 Å². The van der Waals surface area contributed by atoms with Gasteiger partial charge >= 0.3 is 0 Å². The van der Waals surface area contributed by atoms with E-state index in [1.165, 1.54) is 6.20 Å². The number of hydrogen-bond acceptors (Lipinski definition) is 2. The number of rotatable bonds is 1. The van der Waals surface area contributed by atoms with Gasteiger partial charge in [-0.2, -0.15) is 0 Å². The number of nitrogens with two attached hydrogens (primary N) is 1. The summed E-state index contributed by atoms with van der Waals surface area (Å²) in [7, 11) is 0. The summed E-state index contributed by atoms with van der Waals surface area (Å²) in [4.78, 5) is 14.1. The predicted molar refractivity (Wildman–Crippen MR) is 59.2 cm³/mol. The van der Waals surface area contributed by atoms with Crippen molar-refractivity contribution in [3.05, 3.63) is 66.5 Å². The Hall–Kier alpha value is -2.16. The molecule has 1 heterocycles. The molecule has 0 saturated heterocycles. The van der Waals surface area contributed by atoms with E-state index in [9.17, 15) is 4.79 Å². The van der Waals surface area contributed by atoms with Crippen molar-refractivity contribution in [2.24, 2.45) is 5.73 Å². The maximum absolute atomic E-state index is 10.4. The van der Waals surface area contributed by atoms with Crippen LogP contribution in [-0.2, 0) is 0 Å². The Bertz CT molecular complexity index is 360. The van der Waals surface area contributed by atoms with Crippen LogP contribution in [0, 0.1) is 0 Å². The topological polar surface area (TPSA) is 56.0 Å². The Labute approximate surface area is 88.6 Å². The summed E-state index contributed by atoms with van der Waals surface area (Å²) in [5.41, 5.74) is 5.22. The first kappa shape index (κ1) is 10.9. The van der Waals surface area contributed by atoms with Crippen molar-refractivity contribution in [3.63, 3.8) is 0 Å². The zero-order valence-electron chi connectivity index (χ0n) is 8.21. The van der Waals surface area contributed by atoms with Crippen LogP contribution in [0.1, 0.15) is 10.5 Å². The Morgan fingerprint density at radius 3 is 1.73 bits per heavy atom. The lowest BCUT2D eigenvalue weighted by atomic mass is 10.3. The number of hydrogen-bond donors (Lipinski definition) is 1. The standard InChI is InChI=1S/C6H6N2O.C6H6/c7-6(9)5-3-1-2-4-8-5;1-2-4-6-5-3-1/h1-4H,(H2,7,9);1-6H. The second-order valence-electron chi connectivity index (χ2n) is 2.73. The van der Waals surface area contributed by atoms with Gasteiger partial charge in [-0.1, -0.05) is 42.5 Å². The van der Waals surface area contributed by atoms with Gasteiger partial charge in [0.05, 0.1) is 0 Å². The third-order valence-corrected chi connectivity index (χ3v) is 1.58. The molecule has 0 unspecified atom stereocenters. The van der Waals surface area contributed by atoms with Crippen LogP contribution in [0.15, 0.2) is 60.8 Å². The largest absolute Gasteiger partial charge is 0.364 e. The summed E-state index contributed by atoms with van der Waals surface area (Å²) in [6, 6.07) is 17.0. The highest BCUT2D eigenvalue weighted by Crippen LogP contribution is 1.89. The lowest BCUT2D eigenvalue weighted by Gasteiger charge is -1.88. The van der Waals surface area contributed by atoms with E-state index in [1.807, 2.05) is 36.4 Å². The van der Waals surface area contributed by atoms with Crippen molar-refractivity contribution < 1.29 is 4.79 Å². The minimum atomic E-state index is -0.490. The normalized spacial score (nSPS) is 8.53. The summed E-state index contributed by atoms with van der Waals surface area (Å²) < 4.78 is 0. The number of nitrogens with zero attached hydrogens (tertiary/aromatic N) is 1. The van der Waals surface area contributed by atoms with E-state index >= 15 is 0 Å². The number of primary amides is 1. The Balaban J connectivity index is 0.000000162. The first-order chi connectivity index (χ1) is 7.30. The van der Waals surface area contributed by atoms with E-state index in [0.29, 0.717) is 5.69 Å². The van der Waals surface area contributed by atoms with Crippen molar-refractivity contribution in [2.45, 2.75) is 0 Å². The van der Waals surface area contributed by atoms with Crippen LogP contribution < -0.4 is 5.73 Å². The zero-order valence-corrected chi connectivity index (χ0v) is 8.21. The summed E-state index contributed by atoms with van der Waals surface area (Å²) >= 11 is 0. The molecule has 76 valence electrons. The molecule has 0 aliphatic rings. The van der Waals surface area contributed by atoms with Crippen LogP contribution >= 0.6 is 0 Å². The predicted octanol–water partition coefficient (Wildman–Crippen LogP) is 1.87. The second-order valence-corrected chi connectivity index (χ2v) is 2.73. The Morgan fingerprint density at radius 2 is 1.47 bits per heavy atom. The van der Waals surface area contributed by atoms with Gasteiger partial charge in [0.2, 0.25) is 0 Å². The minimum Gasteiger partial charge on any atom is -0.364 e. The van der Waals surface area contributed by atoms with Crippen molar-refractivity contribution >= 4 is 5.91 Å². The van der Waals surface area contributed by atoms with Crippen LogP contribution in [0.2, 0.25) is 0 Å². The van der Waals surface area contributed by atoms with Crippen molar-refractivity contribution in [2.75, 3.05) is 0 Å². The van der Waals surface area contributed by atoms with E-state index in [1.54, 1.807) is 18.2 Å². The quantitative estimate of drug-likeness (QED) is 0.764. The number of carbonyl (C=O) groups excluding carboxylic acids is 1. The third kappa shape index (κ3) is 4.57. The maximum atomic E-state index is 10.4. The monoisotopic (exact) mass is 200 g/mol. The van der Waals surface area contributed by atoms with E-state index in [4.69, 9.17) is 5.73 Å². The first-order valence-corrected chi connectivity index (χ1v) is 4.51. The SMILES string of the molecule is NC(=O)c1ccccn1.c1ccccc1. The van der Waals surface area contributed by atoms with Gasteiger partial charge < -0.3 is 5.73 Å². The number of pyridine rings is 1. The van der Waals surface area contributed by atoms with E-state index in [-0.39, 0.29) is 0 Å². The molecule has 0 radical (unpaired) electrons. The van der Waals surface area contributed by atoms with Crippen molar-refractivity contribution in [3.8, 4) is 0 Å². The number of carbonyl (C=O) groups is 1. The Morgan fingerprint density at radius 1 is 0.933 bits per heavy atom. The summed E-state index contributed by atoms with van der Waals surface area (Å²) in [6.45, 7) is 0. The molecule has 0 aliphatic carbocycles. The van der Waals surface area contributed by atoms with Gasteiger partial charge in [0, 0.05) is 6.20 Å². The molecule has 0 aliphatic heterocycles. The molecule has 1 aromatic heterocycles. The van der Waals surface area contributed by atoms with Gasteiger partial charge in [-0.3, -0.25) is 9.78 Å². The smallest absolute Gasteiger partial charge is 0.267 e. The summed E-state index contributed by atoms with van der Waals surface area (Å²) in [6.07, 6.45) is 1.53. The van der Waals surface area contributed by atoms with Crippen molar-refractivity contribution in [1.29, 1.82) is 0 Å². The van der Waals surface area contributed by atoms with E-state index in [2.05, 4.69) is 4.98 Å². The molecule has 0 spiro atoms. The van der Waals surface area contributed by atoms with Gasteiger partial charge in [0.15, 0.2) is 0 Å². The summed E-state index contributed by atoms with van der Waals surface area (Å²) in [5, 5.41) is 0. The third-order valence-electron chi connectivity index (χ3n) is 1.58. The highest BCUT2D eigenvalue weighted by atomic mass is 16.1. The fraction of sp³-hybridized carbons (Fsp3) is 0. The second kappa shape index (κ2) is 6.32. The van der Waals surface area contributed by atoms with Crippen LogP contribution in [0.3, 0.4) is 0 Å². The summed E-state index contributed by atoms with van der Waals surface area (Å²) in [5.74, 6) is -0.490. The number of aromatic nitrogens is 1. The molecule has 1 amide bonds. The molecular weight excluding hydrogens is 188 g/mol. The molecule has 2 rings (SSSR count). The lowest BCUT2D eigenvalue weighted by molar-refractivity contribution is 0.0995. The molecule has 0 bridgehead atoms. The van der Waals surface area contributed by atoms with E-state index < -0.39 is 5.91 Å². The average Bonchev–Trinajstić information content (AvgIpc) is 2.33. The van der Waals surface area contributed by atoms with Crippen LogP contribution in [-0.4, -0.2) is 10.9 Å². The molecule has 0 atom stereocenters. The van der Waals surface area contributed by atoms with E-state index in [0.717, 1.165) is 0 Å². The lowest BCUT2D eigenvalue weighted by Crippen LogP contribution is -2.12. The highest BCUT2D eigenvalue weighted by Gasteiger charge is 1.95.